The van der Waals surface area contributed by atoms with Crippen LogP contribution in [0.4, 0.5) is 4.39 Å². The predicted octanol–water partition coefficient (Wildman–Crippen LogP) is 2.47. The quantitative estimate of drug-likeness (QED) is 0.752. The van der Waals surface area contributed by atoms with Crippen molar-refractivity contribution < 1.29 is 23.1 Å². The van der Waals surface area contributed by atoms with E-state index >= 15 is 0 Å². The predicted molar refractivity (Wildman–Crippen MR) is 77.9 cm³/mol. The number of benzene rings is 1. The minimum Gasteiger partial charge on any atom is -0.484 e. The number of rotatable bonds is 8. The Morgan fingerprint density at radius 1 is 1.27 bits per heavy atom. The minimum absolute atomic E-state index is 0.129. The van der Waals surface area contributed by atoms with Crippen LogP contribution in [0.2, 0.25) is 0 Å². The lowest BCUT2D eigenvalue weighted by Crippen LogP contribution is -2.36. The number of nitrogens with zero attached hydrogens (tertiary/aromatic N) is 1. The number of methoxy groups -OCH3 is 1. The van der Waals surface area contributed by atoms with E-state index in [-0.39, 0.29) is 18.3 Å². The van der Waals surface area contributed by atoms with Crippen LogP contribution in [0.3, 0.4) is 0 Å². The summed E-state index contributed by atoms with van der Waals surface area (Å²) in [4.78, 5) is 13.8. The molecule has 0 N–H and O–H groups in total. The highest BCUT2D eigenvalue weighted by atomic mass is 19.1. The summed E-state index contributed by atoms with van der Waals surface area (Å²) >= 11 is 0. The van der Waals surface area contributed by atoms with Crippen LogP contribution in [0.5, 0.6) is 5.75 Å². The molecule has 0 fully saturated rings. The molecule has 118 valence electrons. The summed E-state index contributed by atoms with van der Waals surface area (Å²) in [5.41, 5.74) is 0. The van der Waals surface area contributed by atoms with Gasteiger partial charge in [0.05, 0.1) is 19.4 Å². The van der Waals surface area contributed by atoms with Crippen LogP contribution in [0, 0.1) is 5.82 Å². The maximum atomic E-state index is 12.8. The summed E-state index contributed by atoms with van der Waals surface area (Å²) in [5, 5.41) is 0. The highest BCUT2D eigenvalue weighted by Crippen LogP contribution is 2.12. The molecule has 22 heavy (non-hydrogen) atoms. The lowest BCUT2D eigenvalue weighted by molar-refractivity contribution is -0.134. The maximum Gasteiger partial charge on any atom is 0.260 e. The van der Waals surface area contributed by atoms with Gasteiger partial charge in [-0.3, -0.25) is 4.79 Å². The molecule has 5 nitrogen and oxygen atoms in total. The molecule has 0 saturated carbocycles. The molecular weight excluding hydrogens is 289 g/mol. The summed E-state index contributed by atoms with van der Waals surface area (Å²) in [7, 11) is 1.57. The van der Waals surface area contributed by atoms with Crippen LogP contribution in [0.1, 0.15) is 5.76 Å². The molecule has 2 aromatic rings. The highest BCUT2D eigenvalue weighted by molar-refractivity contribution is 5.77. The Hall–Kier alpha value is -2.34. The molecule has 1 aromatic heterocycles. The van der Waals surface area contributed by atoms with E-state index in [1.165, 1.54) is 24.3 Å². The van der Waals surface area contributed by atoms with Gasteiger partial charge in [0, 0.05) is 13.7 Å². The average Bonchev–Trinajstić information content (AvgIpc) is 3.03. The lowest BCUT2D eigenvalue weighted by Gasteiger charge is -2.21. The van der Waals surface area contributed by atoms with Gasteiger partial charge in [0.1, 0.15) is 17.3 Å². The SMILES string of the molecule is COCCN(Cc1ccco1)C(=O)COc1ccc(F)cc1. The van der Waals surface area contributed by atoms with E-state index in [0.717, 1.165) is 0 Å². The van der Waals surface area contributed by atoms with Crippen molar-refractivity contribution in [3.63, 3.8) is 0 Å². The molecule has 0 aliphatic carbocycles. The molecule has 0 saturated heterocycles. The first-order chi connectivity index (χ1) is 10.7. The molecule has 1 heterocycles. The zero-order chi connectivity index (χ0) is 15.8. The Balaban J connectivity index is 1.91. The van der Waals surface area contributed by atoms with Gasteiger partial charge in [0.25, 0.3) is 5.91 Å². The van der Waals surface area contributed by atoms with E-state index in [2.05, 4.69) is 0 Å². The molecule has 6 heteroatoms. The van der Waals surface area contributed by atoms with E-state index in [1.807, 2.05) is 0 Å². The summed E-state index contributed by atoms with van der Waals surface area (Å²) in [5.74, 6) is 0.585. The Kier molecular flexibility index (Phi) is 5.97. The first-order valence-electron chi connectivity index (χ1n) is 6.86. The molecule has 2 rings (SSSR count). The van der Waals surface area contributed by atoms with Crippen molar-refractivity contribution in [1.82, 2.24) is 4.90 Å². The topological polar surface area (TPSA) is 51.9 Å². The fourth-order valence-corrected chi connectivity index (χ4v) is 1.85. The number of ether oxygens (including phenoxy) is 2. The molecular formula is C16H18FNO4. The molecule has 0 unspecified atom stereocenters. The van der Waals surface area contributed by atoms with E-state index in [1.54, 1.807) is 30.4 Å². The number of hydrogen-bond donors (Lipinski definition) is 0. The second-order valence-electron chi connectivity index (χ2n) is 4.63. The van der Waals surface area contributed by atoms with Gasteiger partial charge in [-0.25, -0.2) is 4.39 Å². The Labute approximate surface area is 128 Å². The first kappa shape index (κ1) is 16.0. The Morgan fingerprint density at radius 2 is 2.05 bits per heavy atom. The van der Waals surface area contributed by atoms with Gasteiger partial charge in [-0.05, 0) is 36.4 Å². The molecule has 0 aliphatic rings. The second-order valence-corrected chi connectivity index (χ2v) is 4.63. The molecule has 0 aliphatic heterocycles. The maximum absolute atomic E-state index is 12.8. The van der Waals surface area contributed by atoms with E-state index in [0.29, 0.717) is 31.2 Å². The summed E-state index contributed by atoms with van der Waals surface area (Å²) in [6.07, 6.45) is 1.56. The van der Waals surface area contributed by atoms with Gasteiger partial charge in [-0.15, -0.1) is 0 Å². The van der Waals surface area contributed by atoms with E-state index < -0.39 is 0 Å². The second kappa shape index (κ2) is 8.19. The summed E-state index contributed by atoms with van der Waals surface area (Å²) < 4.78 is 28.4. The smallest absolute Gasteiger partial charge is 0.260 e. The van der Waals surface area contributed by atoms with Crippen LogP contribution >= 0.6 is 0 Å². The third kappa shape index (κ3) is 4.89. The number of furan rings is 1. The van der Waals surface area contributed by atoms with E-state index in [4.69, 9.17) is 13.9 Å². The molecule has 0 bridgehead atoms. The third-order valence-electron chi connectivity index (χ3n) is 3.02. The van der Waals surface area contributed by atoms with Crippen molar-refractivity contribution in [2.45, 2.75) is 6.54 Å². The molecule has 0 radical (unpaired) electrons. The largest absolute Gasteiger partial charge is 0.484 e. The van der Waals surface area contributed by atoms with Gasteiger partial charge in [-0.1, -0.05) is 0 Å². The van der Waals surface area contributed by atoms with Crippen LogP contribution < -0.4 is 4.74 Å². The standard InChI is InChI=1S/C16H18FNO4/c1-20-10-8-18(11-15-3-2-9-21-15)16(19)12-22-14-6-4-13(17)5-7-14/h2-7,9H,8,10-12H2,1H3. The van der Waals surface area contributed by atoms with Crippen LogP contribution in [-0.2, 0) is 16.1 Å². The van der Waals surface area contributed by atoms with Gasteiger partial charge in [0.15, 0.2) is 6.61 Å². The number of hydrogen-bond acceptors (Lipinski definition) is 4. The van der Waals surface area contributed by atoms with Crippen LogP contribution in [0.15, 0.2) is 47.1 Å². The molecule has 1 amide bonds. The summed E-state index contributed by atoms with van der Waals surface area (Å²) in [6.45, 7) is 1.07. The Bertz CT molecular complexity index is 568. The fraction of sp³-hybridized carbons (Fsp3) is 0.312. The van der Waals surface area contributed by atoms with Gasteiger partial charge < -0.3 is 18.8 Å². The van der Waals surface area contributed by atoms with Crippen LogP contribution in [-0.4, -0.2) is 37.7 Å². The van der Waals surface area contributed by atoms with Crippen molar-refractivity contribution in [1.29, 1.82) is 0 Å². The number of halogens is 1. The highest BCUT2D eigenvalue weighted by Gasteiger charge is 2.16. The number of carbonyl (C=O) groups is 1. The van der Waals surface area contributed by atoms with Crippen molar-refractivity contribution in [3.05, 3.63) is 54.2 Å². The fourth-order valence-electron chi connectivity index (χ4n) is 1.85. The van der Waals surface area contributed by atoms with Gasteiger partial charge >= 0.3 is 0 Å². The third-order valence-corrected chi connectivity index (χ3v) is 3.02. The number of amides is 1. The van der Waals surface area contributed by atoms with Gasteiger partial charge in [-0.2, -0.15) is 0 Å². The molecule has 1 aromatic carbocycles. The monoisotopic (exact) mass is 307 g/mol. The summed E-state index contributed by atoms with van der Waals surface area (Å²) in [6, 6.07) is 9.09. The first-order valence-corrected chi connectivity index (χ1v) is 6.86. The average molecular weight is 307 g/mol. The number of carbonyl (C=O) groups excluding carboxylic acids is 1. The van der Waals surface area contributed by atoms with E-state index in [9.17, 15) is 9.18 Å². The zero-order valence-electron chi connectivity index (χ0n) is 12.3. The van der Waals surface area contributed by atoms with Crippen molar-refractivity contribution in [2.75, 3.05) is 26.9 Å². The normalized spacial score (nSPS) is 10.5. The zero-order valence-corrected chi connectivity index (χ0v) is 12.3. The molecule has 0 spiro atoms. The lowest BCUT2D eigenvalue weighted by atomic mass is 10.3. The molecule has 0 atom stereocenters. The van der Waals surface area contributed by atoms with Crippen molar-refractivity contribution in [3.8, 4) is 5.75 Å². The Morgan fingerprint density at radius 3 is 2.68 bits per heavy atom. The van der Waals surface area contributed by atoms with Crippen LogP contribution in [0.25, 0.3) is 0 Å². The van der Waals surface area contributed by atoms with Crippen molar-refractivity contribution >= 4 is 5.91 Å². The van der Waals surface area contributed by atoms with Gasteiger partial charge in [0.2, 0.25) is 0 Å². The minimum atomic E-state index is -0.349. The van der Waals surface area contributed by atoms with Crippen molar-refractivity contribution in [2.24, 2.45) is 0 Å².